The Morgan fingerprint density at radius 1 is 1.38 bits per heavy atom. The molecule has 2 unspecified atom stereocenters. The first-order valence-corrected chi connectivity index (χ1v) is 5.30. The highest BCUT2D eigenvalue weighted by atomic mass is 16.5. The monoisotopic (exact) mass is 232 g/mol. The van der Waals surface area contributed by atoms with Crippen molar-refractivity contribution in [2.75, 3.05) is 13.7 Å². The number of amides is 2. The van der Waals surface area contributed by atoms with Crippen LogP contribution in [-0.2, 0) is 9.53 Å². The fourth-order valence-electron chi connectivity index (χ4n) is 1.26. The van der Waals surface area contributed by atoms with Crippen LogP contribution in [0.25, 0.3) is 0 Å². The smallest absolute Gasteiger partial charge is 0.326 e. The molecule has 0 aromatic carbocycles. The maximum absolute atomic E-state index is 11.4. The standard InChI is InChI=1S/C10H20N2O4/c1-4-5-8(9(13)14)12-10(15)11-7(2)6-16-3/h7-8H,4-6H2,1-3H3,(H,13,14)(H2,11,12,15). The van der Waals surface area contributed by atoms with Gasteiger partial charge in [-0.25, -0.2) is 9.59 Å². The lowest BCUT2D eigenvalue weighted by Crippen LogP contribution is -2.49. The lowest BCUT2D eigenvalue weighted by Gasteiger charge is -2.17. The summed E-state index contributed by atoms with van der Waals surface area (Å²) in [7, 11) is 1.53. The molecule has 0 aliphatic heterocycles. The van der Waals surface area contributed by atoms with Gasteiger partial charge in [0, 0.05) is 7.11 Å². The van der Waals surface area contributed by atoms with Crippen molar-refractivity contribution in [1.29, 1.82) is 0 Å². The topological polar surface area (TPSA) is 87.7 Å². The normalized spacial score (nSPS) is 13.9. The maximum Gasteiger partial charge on any atom is 0.326 e. The average molecular weight is 232 g/mol. The summed E-state index contributed by atoms with van der Waals surface area (Å²) in [6.45, 7) is 4.03. The Hall–Kier alpha value is -1.30. The number of rotatable bonds is 7. The highest BCUT2D eigenvalue weighted by molar-refractivity contribution is 5.82. The number of carboxylic acids is 1. The van der Waals surface area contributed by atoms with E-state index in [2.05, 4.69) is 10.6 Å². The van der Waals surface area contributed by atoms with Crippen LogP contribution in [0.15, 0.2) is 0 Å². The highest BCUT2D eigenvalue weighted by Gasteiger charge is 2.19. The Bertz CT molecular complexity index is 233. The summed E-state index contributed by atoms with van der Waals surface area (Å²) >= 11 is 0. The zero-order chi connectivity index (χ0) is 12.6. The van der Waals surface area contributed by atoms with Crippen molar-refractivity contribution in [3.8, 4) is 0 Å². The van der Waals surface area contributed by atoms with Gasteiger partial charge in [0.15, 0.2) is 0 Å². The van der Waals surface area contributed by atoms with E-state index in [4.69, 9.17) is 9.84 Å². The summed E-state index contributed by atoms with van der Waals surface area (Å²) in [6, 6.07) is -1.47. The zero-order valence-corrected chi connectivity index (χ0v) is 9.95. The van der Waals surface area contributed by atoms with Crippen LogP contribution in [0.3, 0.4) is 0 Å². The van der Waals surface area contributed by atoms with Crippen molar-refractivity contribution < 1.29 is 19.4 Å². The van der Waals surface area contributed by atoms with E-state index in [9.17, 15) is 9.59 Å². The minimum atomic E-state index is -1.02. The van der Waals surface area contributed by atoms with Gasteiger partial charge in [0.05, 0.1) is 12.6 Å². The van der Waals surface area contributed by atoms with Gasteiger partial charge in [-0.2, -0.15) is 0 Å². The van der Waals surface area contributed by atoms with Gasteiger partial charge >= 0.3 is 12.0 Å². The molecule has 6 nitrogen and oxygen atoms in total. The second-order valence-electron chi connectivity index (χ2n) is 3.65. The van der Waals surface area contributed by atoms with Crippen molar-refractivity contribution in [2.45, 2.75) is 38.8 Å². The molecule has 0 aromatic heterocycles. The lowest BCUT2D eigenvalue weighted by atomic mass is 10.2. The number of carbonyl (C=O) groups excluding carboxylic acids is 1. The van der Waals surface area contributed by atoms with Crippen molar-refractivity contribution >= 4 is 12.0 Å². The minimum absolute atomic E-state index is 0.152. The summed E-state index contributed by atoms with van der Waals surface area (Å²) in [5.41, 5.74) is 0. The molecule has 0 fully saturated rings. The second-order valence-corrected chi connectivity index (χ2v) is 3.65. The van der Waals surface area contributed by atoms with Crippen LogP contribution < -0.4 is 10.6 Å². The van der Waals surface area contributed by atoms with Crippen LogP contribution >= 0.6 is 0 Å². The zero-order valence-electron chi connectivity index (χ0n) is 9.95. The summed E-state index contributed by atoms with van der Waals surface area (Å²) in [6.07, 6.45) is 1.12. The van der Waals surface area contributed by atoms with Gasteiger partial charge < -0.3 is 20.5 Å². The molecule has 6 heteroatoms. The fourth-order valence-corrected chi connectivity index (χ4v) is 1.26. The number of hydrogen-bond acceptors (Lipinski definition) is 3. The molecule has 0 aliphatic carbocycles. The summed E-state index contributed by atoms with van der Waals surface area (Å²) in [4.78, 5) is 22.1. The van der Waals surface area contributed by atoms with Gasteiger partial charge in [0.1, 0.15) is 6.04 Å². The van der Waals surface area contributed by atoms with Crippen molar-refractivity contribution in [2.24, 2.45) is 0 Å². The third-order valence-corrected chi connectivity index (χ3v) is 1.97. The van der Waals surface area contributed by atoms with Crippen LogP contribution in [0.5, 0.6) is 0 Å². The minimum Gasteiger partial charge on any atom is -0.480 e. The third kappa shape index (κ3) is 6.23. The number of carbonyl (C=O) groups is 2. The number of nitrogens with one attached hydrogen (secondary N) is 2. The Balaban J connectivity index is 4.04. The predicted molar refractivity (Wildman–Crippen MR) is 59.3 cm³/mol. The number of urea groups is 1. The highest BCUT2D eigenvalue weighted by Crippen LogP contribution is 1.96. The first-order chi connectivity index (χ1) is 7.51. The maximum atomic E-state index is 11.4. The molecule has 0 aromatic rings. The molecular weight excluding hydrogens is 212 g/mol. The van der Waals surface area contributed by atoms with Crippen molar-refractivity contribution in [3.63, 3.8) is 0 Å². The molecule has 0 bridgehead atoms. The SMILES string of the molecule is CCCC(NC(=O)NC(C)COC)C(=O)O. The van der Waals surface area contributed by atoms with E-state index in [0.717, 1.165) is 0 Å². The fraction of sp³-hybridized carbons (Fsp3) is 0.800. The van der Waals surface area contributed by atoms with Crippen LogP contribution in [-0.4, -0.2) is 42.9 Å². The Morgan fingerprint density at radius 3 is 2.44 bits per heavy atom. The Labute approximate surface area is 95.4 Å². The van der Waals surface area contributed by atoms with Gasteiger partial charge in [-0.3, -0.25) is 0 Å². The molecule has 16 heavy (non-hydrogen) atoms. The van der Waals surface area contributed by atoms with Crippen LogP contribution in [0, 0.1) is 0 Å². The Morgan fingerprint density at radius 2 is 2.00 bits per heavy atom. The molecule has 2 atom stereocenters. The number of aliphatic carboxylic acids is 1. The molecule has 0 aliphatic rings. The first-order valence-electron chi connectivity index (χ1n) is 5.30. The molecule has 0 saturated carbocycles. The summed E-state index contributed by atoms with van der Waals surface area (Å²) < 4.78 is 4.85. The molecule has 3 N–H and O–H groups in total. The quantitative estimate of drug-likeness (QED) is 0.599. The third-order valence-electron chi connectivity index (χ3n) is 1.97. The lowest BCUT2D eigenvalue weighted by molar-refractivity contribution is -0.139. The molecule has 0 radical (unpaired) electrons. The molecule has 94 valence electrons. The molecular formula is C10H20N2O4. The summed E-state index contributed by atoms with van der Waals surface area (Å²) in [5.74, 6) is -1.02. The first kappa shape index (κ1) is 14.7. The number of methoxy groups -OCH3 is 1. The molecule has 0 spiro atoms. The van der Waals surface area contributed by atoms with E-state index in [1.54, 1.807) is 6.92 Å². The van der Waals surface area contributed by atoms with Crippen molar-refractivity contribution in [3.05, 3.63) is 0 Å². The van der Waals surface area contributed by atoms with Gasteiger partial charge in [0.25, 0.3) is 0 Å². The average Bonchev–Trinajstić information content (AvgIpc) is 2.16. The predicted octanol–water partition coefficient (Wildman–Crippen LogP) is 0.574. The summed E-state index contributed by atoms with van der Waals surface area (Å²) in [5, 5.41) is 13.8. The van der Waals surface area contributed by atoms with E-state index in [1.165, 1.54) is 7.11 Å². The van der Waals surface area contributed by atoms with E-state index < -0.39 is 18.0 Å². The largest absolute Gasteiger partial charge is 0.480 e. The molecule has 0 rings (SSSR count). The molecule has 0 heterocycles. The van der Waals surface area contributed by atoms with E-state index >= 15 is 0 Å². The van der Waals surface area contributed by atoms with Crippen LogP contribution in [0.2, 0.25) is 0 Å². The number of ether oxygens (including phenoxy) is 1. The van der Waals surface area contributed by atoms with Gasteiger partial charge in [0.2, 0.25) is 0 Å². The second kappa shape index (κ2) is 7.92. The van der Waals surface area contributed by atoms with Gasteiger partial charge in [-0.15, -0.1) is 0 Å². The molecule has 2 amide bonds. The van der Waals surface area contributed by atoms with Gasteiger partial charge in [-0.05, 0) is 13.3 Å². The number of carboxylic acid groups (broad SMARTS) is 1. The van der Waals surface area contributed by atoms with Gasteiger partial charge in [-0.1, -0.05) is 13.3 Å². The van der Waals surface area contributed by atoms with E-state index in [-0.39, 0.29) is 6.04 Å². The van der Waals surface area contributed by atoms with Crippen molar-refractivity contribution in [1.82, 2.24) is 10.6 Å². The number of hydrogen-bond donors (Lipinski definition) is 3. The van der Waals surface area contributed by atoms with Crippen LogP contribution in [0.1, 0.15) is 26.7 Å². The van der Waals surface area contributed by atoms with E-state index in [1.807, 2.05) is 6.92 Å². The van der Waals surface area contributed by atoms with E-state index in [0.29, 0.717) is 19.4 Å². The molecule has 0 saturated heterocycles. The van der Waals surface area contributed by atoms with Crippen LogP contribution in [0.4, 0.5) is 4.79 Å². The Kier molecular flexibility index (Phi) is 7.28.